The van der Waals surface area contributed by atoms with Crippen molar-refractivity contribution < 1.29 is 0 Å². The molecule has 0 nitrogen and oxygen atoms in total. The fourth-order valence-corrected chi connectivity index (χ4v) is 0. The Morgan fingerprint density at radius 3 is 0.462 bits per heavy atom. The number of hydrogen-bond donors (Lipinski definition) is 0. The van der Waals surface area contributed by atoms with Gasteiger partial charge >= 0.3 is 23.9 Å². The Hall–Kier alpha value is 0.799. The zero-order valence-corrected chi connectivity index (χ0v) is 15.0. The summed E-state index contributed by atoms with van der Waals surface area (Å²) in [7, 11) is 0. The van der Waals surface area contributed by atoms with E-state index in [1.54, 1.807) is 0 Å². The third-order valence-electron chi connectivity index (χ3n) is 1.50. The van der Waals surface area contributed by atoms with Crippen LogP contribution in [-0.2, 0) is 0 Å². The van der Waals surface area contributed by atoms with Crippen LogP contribution < -0.4 is 0 Å². The van der Waals surface area contributed by atoms with Crippen LogP contribution in [0.3, 0.4) is 0 Å². The average molecular weight is 295 g/mol. The van der Waals surface area contributed by atoms with Gasteiger partial charge in [-0.15, -0.1) is 0 Å². The molecule has 0 atom stereocenters. The Bertz CT molecular complexity index is 20.6. The molecule has 84 valence electrons. The van der Waals surface area contributed by atoms with E-state index >= 15 is 0 Å². The summed E-state index contributed by atoms with van der Waals surface area (Å²) in [4.78, 5) is 0. The van der Waals surface area contributed by atoms with Crippen LogP contribution in [0.2, 0.25) is 0 Å². The van der Waals surface area contributed by atoms with Crippen LogP contribution in [-0.4, -0.2) is 23.9 Å². The standard InChI is InChI=1S/3C4H10.Sn.2H/c3*1-3-4-2;;;/h3*3-4H2,1-2H3;;;. The van der Waals surface area contributed by atoms with Crippen LogP contribution in [0.15, 0.2) is 0 Å². The Balaban J connectivity index is -0.0000000450. The van der Waals surface area contributed by atoms with Gasteiger partial charge in [0.05, 0.1) is 0 Å². The van der Waals surface area contributed by atoms with Gasteiger partial charge in [-0.05, 0) is 0 Å². The van der Waals surface area contributed by atoms with E-state index in [2.05, 4.69) is 41.5 Å². The molecule has 0 fully saturated rings. The van der Waals surface area contributed by atoms with Crippen molar-refractivity contribution in [3.63, 3.8) is 0 Å². The Morgan fingerprint density at radius 2 is 0.462 bits per heavy atom. The molecular formula is C12H32Sn. The first-order chi connectivity index (χ1) is 5.74. The summed E-state index contributed by atoms with van der Waals surface area (Å²) in [6, 6.07) is 0. The summed E-state index contributed by atoms with van der Waals surface area (Å²) in [5.74, 6) is 0. The Labute approximate surface area is 104 Å². The zero-order chi connectivity index (χ0) is 10.2. The van der Waals surface area contributed by atoms with Crippen molar-refractivity contribution in [1.29, 1.82) is 0 Å². The summed E-state index contributed by atoms with van der Waals surface area (Å²) < 4.78 is 0. The maximum absolute atomic E-state index is 2.18. The SMILES string of the molecule is CCCC.CCCC.CCCC.[SnH2]. The molecule has 0 aliphatic rings. The number of hydrogen-bond acceptors (Lipinski definition) is 0. The summed E-state index contributed by atoms with van der Waals surface area (Å²) >= 11 is 0. The molecule has 0 aromatic carbocycles. The molecule has 0 heterocycles. The first-order valence-corrected chi connectivity index (χ1v) is 5.74. The molecule has 0 spiro atoms. The third kappa shape index (κ3) is 103. The normalized spacial score (nSPS) is 6.92. The number of rotatable bonds is 3. The fraction of sp³-hybridized carbons (Fsp3) is 1.00. The van der Waals surface area contributed by atoms with Gasteiger partial charge in [-0.25, -0.2) is 0 Å². The predicted octanol–water partition coefficient (Wildman–Crippen LogP) is 4.50. The minimum absolute atomic E-state index is 0. The van der Waals surface area contributed by atoms with Gasteiger partial charge in [0.1, 0.15) is 0 Å². The van der Waals surface area contributed by atoms with Gasteiger partial charge in [0.2, 0.25) is 0 Å². The van der Waals surface area contributed by atoms with Crippen molar-refractivity contribution in [3.05, 3.63) is 0 Å². The van der Waals surface area contributed by atoms with E-state index in [1.165, 1.54) is 38.5 Å². The van der Waals surface area contributed by atoms with Crippen molar-refractivity contribution in [1.82, 2.24) is 0 Å². The molecule has 0 saturated carbocycles. The molecule has 0 unspecified atom stereocenters. The molecule has 0 aromatic rings. The molecule has 0 aliphatic heterocycles. The van der Waals surface area contributed by atoms with Crippen molar-refractivity contribution in [2.24, 2.45) is 0 Å². The predicted molar refractivity (Wildman–Crippen MR) is 70.3 cm³/mol. The van der Waals surface area contributed by atoms with E-state index in [0.717, 1.165) is 0 Å². The van der Waals surface area contributed by atoms with Crippen LogP contribution in [0.1, 0.15) is 80.1 Å². The van der Waals surface area contributed by atoms with Crippen LogP contribution in [0.25, 0.3) is 0 Å². The van der Waals surface area contributed by atoms with E-state index in [1.807, 2.05) is 0 Å². The molecule has 0 saturated heterocycles. The second-order valence-electron chi connectivity index (χ2n) is 3.00. The molecular weight excluding hydrogens is 263 g/mol. The summed E-state index contributed by atoms with van der Waals surface area (Å²) in [5.41, 5.74) is 0. The van der Waals surface area contributed by atoms with Crippen LogP contribution >= 0.6 is 0 Å². The van der Waals surface area contributed by atoms with Crippen molar-refractivity contribution in [2.45, 2.75) is 80.1 Å². The second kappa shape index (κ2) is 38.5. The minimum atomic E-state index is 0. The Kier molecular flexibility index (Phi) is 69.8. The molecule has 13 heavy (non-hydrogen) atoms. The zero-order valence-electron chi connectivity index (χ0n) is 10.9. The molecule has 2 radical (unpaired) electrons. The van der Waals surface area contributed by atoms with E-state index in [9.17, 15) is 0 Å². The number of unbranched alkanes of at least 4 members (excludes halogenated alkanes) is 3. The van der Waals surface area contributed by atoms with Crippen molar-refractivity contribution in [2.75, 3.05) is 0 Å². The van der Waals surface area contributed by atoms with Crippen molar-refractivity contribution in [3.8, 4) is 0 Å². The second-order valence-corrected chi connectivity index (χ2v) is 3.00. The molecule has 0 rings (SSSR count). The monoisotopic (exact) mass is 296 g/mol. The first-order valence-electron chi connectivity index (χ1n) is 5.74. The fourth-order valence-electron chi connectivity index (χ4n) is 0. The topological polar surface area (TPSA) is 0 Å². The maximum atomic E-state index is 2.18. The third-order valence-corrected chi connectivity index (χ3v) is 1.50. The molecule has 1 heteroatoms. The summed E-state index contributed by atoms with van der Waals surface area (Å²) in [6.45, 7) is 13.1. The van der Waals surface area contributed by atoms with E-state index < -0.39 is 0 Å². The quantitative estimate of drug-likeness (QED) is 0.672. The molecule has 0 aromatic heterocycles. The van der Waals surface area contributed by atoms with Gasteiger partial charge < -0.3 is 0 Å². The van der Waals surface area contributed by atoms with Crippen LogP contribution in [0.5, 0.6) is 0 Å². The van der Waals surface area contributed by atoms with Gasteiger partial charge in [-0.1, -0.05) is 80.1 Å². The van der Waals surface area contributed by atoms with E-state index in [0.29, 0.717) is 0 Å². The molecule has 0 N–H and O–H groups in total. The molecule has 0 aliphatic carbocycles. The van der Waals surface area contributed by atoms with Gasteiger partial charge in [0, 0.05) is 0 Å². The average Bonchev–Trinajstić information content (AvgIpc) is 2.18. The molecule has 0 bridgehead atoms. The van der Waals surface area contributed by atoms with Gasteiger partial charge in [0.25, 0.3) is 0 Å². The summed E-state index contributed by atoms with van der Waals surface area (Å²) in [5, 5.41) is 0. The van der Waals surface area contributed by atoms with E-state index in [4.69, 9.17) is 0 Å². The van der Waals surface area contributed by atoms with Crippen LogP contribution in [0, 0.1) is 0 Å². The Morgan fingerprint density at radius 1 is 0.385 bits per heavy atom. The van der Waals surface area contributed by atoms with Crippen LogP contribution in [0.4, 0.5) is 0 Å². The van der Waals surface area contributed by atoms with Crippen molar-refractivity contribution >= 4 is 23.9 Å². The van der Waals surface area contributed by atoms with E-state index in [-0.39, 0.29) is 23.9 Å². The molecule has 0 amide bonds. The van der Waals surface area contributed by atoms with Gasteiger partial charge in [-0.2, -0.15) is 0 Å². The van der Waals surface area contributed by atoms with Gasteiger partial charge in [0.15, 0.2) is 0 Å². The summed E-state index contributed by atoms with van der Waals surface area (Å²) in [6.07, 6.45) is 7.92. The first kappa shape index (κ1) is 23.5. The van der Waals surface area contributed by atoms with Gasteiger partial charge in [-0.3, -0.25) is 0 Å².